The first-order valence-electron chi connectivity index (χ1n) is 18.0. The molecule has 11 radical (unpaired) electrons. The van der Waals surface area contributed by atoms with Crippen molar-refractivity contribution in [2.75, 3.05) is 0 Å². The Kier molecular flexibility index (Phi) is 22.4. The van der Waals surface area contributed by atoms with Gasteiger partial charge in [0.15, 0.2) is 0 Å². The molecule has 60 heavy (non-hydrogen) atoms. The first-order chi connectivity index (χ1) is 27.8. The molecule has 4 aromatic carbocycles. The van der Waals surface area contributed by atoms with Gasteiger partial charge in [-0.25, -0.2) is 18.6 Å². The number of nitrogens with zero attached hydrogens (tertiary/aromatic N) is 4. The van der Waals surface area contributed by atoms with Gasteiger partial charge in [-0.1, -0.05) is 133 Å². The molecule has 2 heterocycles. The van der Waals surface area contributed by atoms with Crippen LogP contribution in [0.1, 0.15) is 11.4 Å². The fraction of sp³-hybridized carbons (Fsp3) is 0.0435. The maximum Gasteiger partial charge on any atom is 2.00 e. The van der Waals surface area contributed by atoms with Crippen molar-refractivity contribution in [3.63, 3.8) is 0 Å². The monoisotopic (exact) mass is 1100 g/mol. The Hall–Kier alpha value is -2.68. The smallest absolute Gasteiger partial charge is 1.00 e. The molecule has 2 aliphatic carbocycles. The van der Waals surface area contributed by atoms with E-state index in [0.29, 0.717) is 13.1 Å². The van der Waals surface area contributed by atoms with E-state index >= 15 is 0 Å². The molecular formula is C46H40AuCl2FeN4O4P2. The fourth-order valence-electron chi connectivity index (χ4n) is 6.46. The first kappa shape index (κ1) is 51.7. The zero-order chi connectivity index (χ0) is 39.8. The Morgan fingerprint density at radius 3 is 0.900 bits per heavy atom. The van der Waals surface area contributed by atoms with Crippen LogP contribution in [-0.4, -0.2) is 9.97 Å². The second-order valence-corrected chi connectivity index (χ2v) is 19.5. The Morgan fingerprint density at radius 1 is 0.417 bits per heavy atom. The van der Waals surface area contributed by atoms with Gasteiger partial charge in [-0.15, -0.1) is 10.2 Å². The Bertz CT molecular complexity index is 1940. The van der Waals surface area contributed by atoms with Crippen molar-refractivity contribution in [2.45, 2.75) is 13.1 Å². The van der Waals surface area contributed by atoms with Crippen LogP contribution in [0.4, 0.5) is 0 Å². The average Bonchev–Trinajstić information content (AvgIpc) is 4.01. The van der Waals surface area contributed by atoms with Gasteiger partial charge in [0, 0.05) is 60.2 Å². The second kappa shape index (κ2) is 26.1. The van der Waals surface area contributed by atoms with Crippen molar-refractivity contribution in [1.29, 1.82) is 0 Å². The van der Waals surface area contributed by atoms with Gasteiger partial charge >= 0.3 is 17.1 Å². The Morgan fingerprint density at radius 2 is 0.667 bits per heavy atom. The maximum atomic E-state index is 8.49. The number of pyridine rings is 2. The summed E-state index contributed by atoms with van der Waals surface area (Å²) in [5.41, 5.74) is 4.56. The van der Waals surface area contributed by atoms with Crippen LogP contribution in [0.15, 0.2) is 180 Å². The Labute approximate surface area is 390 Å². The summed E-state index contributed by atoms with van der Waals surface area (Å²) in [5, 5.41) is 5.09. The van der Waals surface area contributed by atoms with E-state index in [-0.39, 0.29) is 51.9 Å². The van der Waals surface area contributed by atoms with Gasteiger partial charge in [0.1, 0.15) is 0 Å². The summed E-state index contributed by atoms with van der Waals surface area (Å²) in [7, 11) is -9.12. The molecule has 2 aromatic heterocycles. The fourth-order valence-corrected chi connectivity index (χ4v) is 13.6. The number of benzene rings is 4. The van der Waals surface area contributed by atoms with Crippen LogP contribution >= 0.6 is 14.1 Å². The molecule has 2 saturated carbocycles. The molecule has 2 fully saturated rings. The van der Waals surface area contributed by atoms with E-state index < -0.39 is 24.4 Å². The van der Waals surface area contributed by atoms with Crippen LogP contribution in [0.2, 0.25) is 0 Å². The van der Waals surface area contributed by atoms with Gasteiger partial charge < -0.3 is 12.4 Å². The van der Waals surface area contributed by atoms with E-state index in [1.165, 1.54) is 32.5 Å². The summed E-state index contributed by atoms with van der Waals surface area (Å²) in [6, 6.07) is 54.7. The molecule has 0 atom stereocenters. The number of aromatic nitrogens is 2. The maximum absolute atomic E-state index is 8.49. The summed E-state index contributed by atoms with van der Waals surface area (Å²) in [6.45, 7) is 1.20. The second-order valence-electron chi connectivity index (χ2n) is 12.5. The van der Waals surface area contributed by atoms with Crippen LogP contribution in [-0.2, 0) is 52.5 Å². The van der Waals surface area contributed by atoms with Crippen molar-refractivity contribution in [3.8, 4) is 0 Å². The van der Waals surface area contributed by atoms with Crippen LogP contribution < -0.4 is 52.3 Å². The molecule has 8 nitrogen and oxygen atoms in total. The van der Waals surface area contributed by atoms with Gasteiger partial charge in [-0.2, -0.15) is 0 Å². The number of rotatable bonds is 10. The summed E-state index contributed by atoms with van der Waals surface area (Å²) < 4.78 is 44.7. The zero-order valence-corrected chi connectivity index (χ0v) is 38.5. The van der Waals surface area contributed by atoms with E-state index in [2.05, 4.69) is 183 Å². The minimum absolute atomic E-state index is 0. The van der Waals surface area contributed by atoms with Gasteiger partial charge in [-0.3, -0.25) is 19.5 Å². The van der Waals surface area contributed by atoms with Crippen molar-refractivity contribution in [1.82, 2.24) is 9.97 Å². The normalized spacial score (nSPS) is 14.1. The number of hydrogen-bond donors (Lipinski definition) is 0. The largest absolute Gasteiger partial charge is 2.00 e. The molecular weight excluding hydrogens is 1060 g/mol. The van der Waals surface area contributed by atoms with Crippen molar-refractivity contribution in [2.24, 2.45) is 9.49 Å². The van der Waals surface area contributed by atoms with Crippen LogP contribution in [0.3, 0.4) is 0 Å². The molecule has 311 valence electrons. The molecule has 2 aliphatic rings. The molecule has 0 bridgehead atoms. The van der Waals surface area contributed by atoms with Crippen LogP contribution in [0, 0.1) is 72.9 Å². The summed E-state index contributed by atoms with van der Waals surface area (Å²) in [6.07, 6.45) is 20.9. The summed E-state index contributed by atoms with van der Waals surface area (Å²) >= 11 is 0. The van der Waals surface area contributed by atoms with Gasteiger partial charge in [0.2, 0.25) is 0 Å². The van der Waals surface area contributed by atoms with E-state index in [1.807, 2.05) is 48.8 Å². The summed E-state index contributed by atoms with van der Waals surface area (Å²) in [4.78, 5) is 8.95. The van der Waals surface area contributed by atoms with E-state index in [4.69, 9.17) is 28.1 Å². The van der Waals surface area contributed by atoms with Crippen LogP contribution in [0.5, 0.6) is 0 Å². The minimum atomic E-state index is -4.94. The third-order valence-electron chi connectivity index (χ3n) is 8.90. The van der Waals surface area contributed by atoms with Crippen molar-refractivity contribution < 1.29 is 80.7 Å². The SMILES string of the molecule is [Au].[CH]1[CH][CH][C](P(=NCc2ccccn2)(c2ccccc2)c2ccccc2)[CH]1.[CH]1[CH][CH][C](P(=NCc2ccccn2)(c2ccccc2)c2ccccc2)[CH]1.[Cl-].[Fe+2].[O-][Cl+3]([O-])([O-])[O-]. The van der Waals surface area contributed by atoms with Gasteiger partial charge in [0.25, 0.3) is 0 Å². The molecule has 14 heteroatoms. The number of halogens is 2. The molecule has 6 aromatic rings. The molecule has 0 unspecified atom stereocenters. The molecule has 0 spiro atoms. The first-order valence-corrected chi connectivity index (χ1v) is 22.8. The molecule has 0 N–H and O–H groups in total. The van der Waals surface area contributed by atoms with E-state index in [1.54, 1.807) is 0 Å². The minimum Gasteiger partial charge on any atom is -1.00 e. The van der Waals surface area contributed by atoms with E-state index in [9.17, 15) is 0 Å². The quantitative estimate of drug-likeness (QED) is 0.152. The van der Waals surface area contributed by atoms with E-state index in [0.717, 1.165) is 11.4 Å². The standard InChI is InChI=1S/2C23H20N2P.Au.ClHO4.ClH.Fe/c2*1-3-12-21(13-4-1)26(23-16-7-8-17-23,22-14-5-2-6-15-22)25-19-20-11-9-10-18-24-20;;2-1(3,4)5;;/h2*1-18H,19H2;;(H,2,3,4,5);1H;/q;;;;;+2/p-2. The third kappa shape index (κ3) is 14.2. The molecule has 8 rings (SSSR count). The van der Waals surface area contributed by atoms with Crippen molar-refractivity contribution in [3.05, 3.63) is 244 Å². The predicted molar refractivity (Wildman–Crippen MR) is 220 cm³/mol. The zero-order valence-electron chi connectivity index (χ0n) is 31.9. The predicted octanol–water partition coefficient (Wildman–Crippen LogP) is 1.84. The molecule has 0 saturated heterocycles. The number of hydrogen-bond acceptors (Lipinski definition) is 8. The Balaban J connectivity index is 0.000000276. The average molecular weight is 1100 g/mol. The van der Waals surface area contributed by atoms with Gasteiger partial charge in [-0.05, 0) is 96.9 Å². The molecule has 0 amide bonds. The van der Waals surface area contributed by atoms with Crippen molar-refractivity contribution >= 4 is 35.3 Å². The molecule has 0 aliphatic heterocycles. The van der Waals surface area contributed by atoms with Gasteiger partial charge in [0.05, 0.1) is 24.5 Å². The van der Waals surface area contributed by atoms with Crippen LogP contribution in [0.25, 0.3) is 0 Å². The summed E-state index contributed by atoms with van der Waals surface area (Å²) in [5.74, 6) is 0. The third-order valence-corrected chi connectivity index (χ3v) is 16.3. The topological polar surface area (TPSA) is 143 Å².